The van der Waals surface area contributed by atoms with Crippen LogP contribution in [0, 0.1) is 28.6 Å². The van der Waals surface area contributed by atoms with E-state index in [2.05, 4.69) is 0 Å². The summed E-state index contributed by atoms with van der Waals surface area (Å²) in [4.78, 5) is 63.3. The van der Waals surface area contributed by atoms with E-state index >= 15 is 0 Å². The zero-order valence-corrected chi connectivity index (χ0v) is 24.0. The van der Waals surface area contributed by atoms with Gasteiger partial charge in [0.25, 0.3) is 0 Å². The summed E-state index contributed by atoms with van der Waals surface area (Å²) in [7, 11) is 0. The second-order valence-electron chi connectivity index (χ2n) is 12.1. The standard InChI is InChI=1S/C29H40O11/c1-7-15(2)26(35)40-21(19-9-24(34)36-12-19)11-27(6)16(3)8-23(39-18(5)31)28(13-37-17(4)30)25(27)20(32)10-22(33)29(28)14-38-29/h9,15-16,21-23,25,33H,7-8,10-14H2,1-6H3/t15-,16+,21-,22-,23-,25+,27-,28+,29+/m0/s1. The molecule has 1 spiro atoms. The Bertz CT molecular complexity index is 1110. The van der Waals surface area contributed by atoms with Crippen molar-refractivity contribution >= 4 is 29.7 Å². The summed E-state index contributed by atoms with van der Waals surface area (Å²) in [5.41, 5.74) is -3.08. The molecule has 0 aromatic heterocycles. The maximum absolute atomic E-state index is 14.0. The first-order valence-electron chi connectivity index (χ1n) is 13.9. The molecule has 4 aliphatic rings. The normalized spacial score (nSPS) is 38.0. The Morgan fingerprint density at radius 2 is 1.88 bits per heavy atom. The van der Waals surface area contributed by atoms with E-state index in [1.165, 1.54) is 19.9 Å². The molecule has 0 amide bonds. The Hall–Kier alpha value is -2.79. The minimum absolute atomic E-state index is 0.0409. The van der Waals surface area contributed by atoms with Crippen LogP contribution in [-0.2, 0) is 47.7 Å². The average molecular weight is 565 g/mol. The van der Waals surface area contributed by atoms with E-state index in [0.717, 1.165) is 0 Å². The number of carbonyl (C=O) groups is 5. The number of epoxide rings is 1. The fourth-order valence-corrected chi connectivity index (χ4v) is 7.19. The number of fused-ring (bicyclic) bond motifs is 2. The van der Waals surface area contributed by atoms with Crippen molar-refractivity contribution in [3.05, 3.63) is 11.6 Å². The van der Waals surface area contributed by atoms with Crippen LogP contribution in [0.25, 0.3) is 0 Å². The van der Waals surface area contributed by atoms with Crippen molar-refractivity contribution in [1.29, 1.82) is 0 Å². The van der Waals surface area contributed by atoms with E-state index in [4.69, 9.17) is 23.7 Å². The number of hydrogen-bond donors (Lipinski definition) is 1. The zero-order valence-electron chi connectivity index (χ0n) is 24.0. The van der Waals surface area contributed by atoms with Crippen molar-refractivity contribution in [2.24, 2.45) is 28.6 Å². The van der Waals surface area contributed by atoms with Crippen LogP contribution in [0.4, 0.5) is 0 Å². The predicted octanol–water partition coefficient (Wildman–Crippen LogP) is 2.06. The number of esters is 4. The fourth-order valence-electron chi connectivity index (χ4n) is 7.19. The molecule has 9 atom stereocenters. The van der Waals surface area contributed by atoms with Gasteiger partial charge in [0.2, 0.25) is 0 Å². The first kappa shape index (κ1) is 30.2. The molecular weight excluding hydrogens is 524 g/mol. The summed E-state index contributed by atoms with van der Waals surface area (Å²) < 4.78 is 28.4. The van der Waals surface area contributed by atoms with E-state index in [9.17, 15) is 29.1 Å². The van der Waals surface area contributed by atoms with Crippen LogP contribution >= 0.6 is 0 Å². The molecule has 0 aromatic rings. The van der Waals surface area contributed by atoms with Gasteiger partial charge in [-0.1, -0.05) is 27.7 Å². The van der Waals surface area contributed by atoms with Gasteiger partial charge in [-0.25, -0.2) is 4.79 Å². The topological polar surface area (TPSA) is 155 Å². The predicted molar refractivity (Wildman–Crippen MR) is 137 cm³/mol. The van der Waals surface area contributed by atoms with E-state index in [1.54, 1.807) is 6.92 Å². The lowest BCUT2D eigenvalue weighted by Crippen LogP contribution is -2.73. The van der Waals surface area contributed by atoms with Crippen LogP contribution in [0.15, 0.2) is 11.6 Å². The number of carbonyl (C=O) groups excluding carboxylic acids is 5. The van der Waals surface area contributed by atoms with Gasteiger partial charge in [0, 0.05) is 37.8 Å². The second kappa shape index (κ2) is 10.9. The SMILES string of the molecule is CC[C@H](C)C(=O)O[C@@H](C[C@@]1(C)[C@H](C)C[C@H](OC(C)=O)[C@]2(COC(C)=O)[C@@H]1C(=O)C[C@H](O)[C@]21CO1)C1=CC(=O)OC1. The van der Waals surface area contributed by atoms with Crippen molar-refractivity contribution in [1.82, 2.24) is 0 Å². The van der Waals surface area contributed by atoms with Gasteiger partial charge < -0.3 is 28.8 Å². The van der Waals surface area contributed by atoms with E-state index < -0.39 is 64.5 Å². The highest BCUT2D eigenvalue weighted by atomic mass is 16.6. The van der Waals surface area contributed by atoms with Crippen LogP contribution in [0.1, 0.15) is 67.2 Å². The molecule has 1 N–H and O–H groups in total. The van der Waals surface area contributed by atoms with Crippen LogP contribution in [0.2, 0.25) is 0 Å². The Labute approximate surface area is 233 Å². The molecule has 11 nitrogen and oxygen atoms in total. The van der Waals surface area contributed by atoms with Crippen molar-refractivity contribution in [3.63, 3.8) is 0 Å². The molecule has 0 radical (unpaired) electrons. The summed E-state index contributed by atoms with van der Waals surface area (Å²) in [6, 6.07) is 0. The van der Waals surface area contributed by atoms with Crippen LogP contribution in [0.3, 0.4) is 0 Å². The molecule has 11 heteroatoms. The molecule has 0 aromatic carbocycles. The molecule has 1 saturated heterocycles. The molecule has 222 valence electrons. The minimum atomic E-state index is -1.39. The van der Waals surface area contributed by atoms with Gasteiger partial charge in [0.15, 0.2) is 0 Å². The largest absolute Gasteiger partial charge is 0.465 e. The highest BCUT2D eigenvalue weighted by Crippen LogP contribution is 2.68. The number of aliphatic hydroxyl groups excluding tert-OH is 1. The fraction of sp³-hybridized carbons (Fsp3) is 0.759. The first-order chi connectivity index (χ1) is 18.7. The van der Waals surface area contributed by atoms with Gasteiger partial charge in [-0.15, -0.1) is 0 Å². The highest BCUT2D eigenvalue weighted by molar-refractivity contribution is 5.87. The molecule has 3 fully saturated rings. The number of ether oxygens (including phenoxy) is 5. The number of Topliss-reactive ketones (excluding diaryl/α,β-unsaturated/α-hetero) is 1. The number of hydrogen-bond acceptors (Lipinski definition) is 11. The number of ketones is 1. The third-order valence-electron chi connectivity index (χ3n) is 9.76. The Kier molecular flexibility index (Phi) is 8.21. The van der Waals surface area contributed by atoms with Gasteiger partial charge in [-0.3, -0.25) is 19.2 Å². The molecule has 2 aliphatic carbocycles. The minimum Gasteiger partial charge on any atom is -0.465 e. The average Bonchev–Trinajstić information content (AvgIpc) is 3.57. The number of cyclic esters (lactones) is 1. The lowest BCUT2D eigenvalue weighted by Gasteiger charge is -2.62. The monoisotopic (exact) mass is 564 g/mol. The molecule has 2 heterocycles. The van der Waals surface area contributed by atoms with Crippen molar-refractivity contribution in [2.45, 2.75) is 91.1 Å². The maximum atomic E-state index is 14.0. The van der Waals surface area contributed by atoms with Crippen molar-refractivity contribution in [2.75, 3.05) is 19.8 Å². The third kappa shape index (κ3) is 4.95. The van der Waals surface area contributed by atoms with Gasteiger partial charge in [-0.2, -0.15) is 0 Å². The molecule has 40 heavy (non-hydrogen) atoms. The lowest BCUT2D eigenvalue weighted by molar-refractivity contribution is -0.240. The maximum Gasteiger partial charge on any atom is 0.331 e. The summed E-state index contributed by atoms with van der Waals surface area (Å²) in [6.45, 7) is 9.72. The van der Waals surface area contributed by atoms with E-state index in [1.807, 2.05) is 20.8 Å². The first-order valence-corrected chi connectivity index (χ1v) is 13.9. The van der Waals surface area contributed by atoms with Crippen molar-refractivity contribution in [3.8, 4) is 0 Å². The molecule has 2 saturated carbocycles. The third-order valence-corrected chi connectivity index (χ3v) is 9.76. The summed E-state index contributed by atoms with van der Waals surface area (Å²) in [6.07, 6.45) is -0.841. The van der Waals surface area contributed by atoms with Gasteiger partial charge in [0.05, 0.1) is 24.0 Å². The van der Waals surface area contributed by atoms with Gasteiger partial charge >= 0.3 is 23.9 Å². The van der Waals surface area contributed by atoms with Crippen molar-refractivity contribution < 1.29 is 52.8 Å². The molecule has 0 unspecified atom stereocenters. The molecule has 4 rings (SSSR count). The molecule has 2 aliphatic heterocycles. The Balaban J connectivity index is 1.84. The van der Waals surface area contributed by atoms with E-state index in [-0.39, 0.29) is 56.7 Å². The van der Waals surface area contributed by atoms with Crippen LogP contribution in [0.5, 0.6) is 0 Å². The highest BCUT2D eigenvalue weighted by Gasteiger charge is 2.80. The zero-order chi connectivity index (χ0) is 29.6. The summed E-state index contributed by atoms with van der Waals surface area (Å²) >= 11 is 0. The van der Waals surface area contributed by atoms with Gasteiger partial charge in [-0.05, 0) is 30.6 Å². The number of aliphatic hydroxyl groups is 1. The smallest absolute Gasteiger partial charge is 0.331 e. The quantitative estimate of drug-likeness (QED) is 0.248. The molecular formula is C29H40O11. The summed E-state index contributed by atoms with van der Waals surface area (Å²) in [5, 5.41) is 11.2. The Morgan fingerprint density at radius 3 is 2.40 bits per heavy atom. The van der Waals surface area contributed by atoms with Gasteiger partial charge in [0.1, 0.15) is 36.8 Å². The van der Waals surface area contributed by atoms with E-state index in [0.29, 0.717) is 12.0 Å². The molecule has 0 bridgehead atoms. The number of rotatable bonds is 9. The lowest BCUT2D eigenvalue weighted by atomic mass is 9.42. The Morgan fingerprint density at radius 1 is 1.20 bits per heavy atom. The van der Waals surface area contributed by atoms with Crippen LogP contribution < -0.4 is 0 Å². The second-order valence-corrected chi connectivity index (χ2v) is 12.1. The summed E-state index contributed by atoms with van der Waals surface area (Å²) in [5.74, 6) is -3.97. The van der Waals surface area contributed by atoms with Crippen LogP contribution in [-0.4, -0.2) is 78.5 Å².